The van der Waals surface area contributed by atoms with Crippen molar-refractivity contribution in [1.82, 2.24) is 10.2 Å². The van der Waals surface area contributed by atoms with Crippen molar-refractivity contribution in [2.45, 2.75) is 39.3 Å². The van der Waals surface area contributed by atoms with Gasteiger partial charge in [0.1, 0.15) is 5.82 Å². The molecule has 106 valence electrons. The van der Waals surface area contributed by atoms with Crippen LogP contribution in [0.4, 0.5) is 4.39 Å². The molecule has 19 heavy (non-hydrogen) atoms. The molecule has 0 aromatic heterocycles. The standard InChI is InChI=1S/C16H25FN2/c1-12(2)16-10-18-13(3)11-19(16)9-8-14-4-6-15(17)7-5-14/h4-7,12-13,16,18H,8-11H2,1-3H3. The Morgan fingerprint density at radius 3 is 2.63 bits per heavy atom. The van der Waals surface area contributed by atoms with E-state index in [4.69, 9.17) is 0 Å². The maximum atomic E-state index is 12.9. The van der Waals surface area contributed by atoms with Gasteiger partial charge in [-0.05, 0) is 37.0 Å². The van der Waals surface area contributed by atoms with Crippen LogP contribution in [0.5, 0.6) is 0 Å². The molecule has 1 saturated heterocycles. The number of benzene rings is 1. The van der Waals surface area contributed by atoms with Gasteiger partial charge in [-0.1, -0.05) is 26.0 Å². The first kappa shape index (κ1) is 14.5. The Bertz CT molecular complexity index is 388. The molecule has 1 aromatic rings. The third-order valence-electron chi connectivity index (χ3n) is 4.02. The van der Waals surface area contributed by atoms with Crippen molar-refractivity contribution < 1.29 is 4.39 Å². The number of hydrogen-bond acceptors (Lipinski definition) is 2. The zero-order chi connectivity index (χ0) is 13.8. The zero-order valence-corrected chi connectivity index (χ0v) is 12.2. The van der Waals surface area contributed by atoms with Gasteiger partial charge in [0.05, 0.1) is 0 Å². The van der Waals surface area contributed by atoms with Crippen molar-refractivity contribution in [3.63, 3.8) is 0 Å². The Morgan fingerprint density at radius 2 is 2.00 bits per heavy atom. The quantitative estimate of drug-likeness (QED) is 0.899. The van der Waals surface area contributed by atoms with E-state index in [1.807, 2.05) is 12.1 Å². The van der Waals surface area contributed by atoms with Crippen LogP contribution in [0.1, 0.15) is 26.3 Å². The van der Waals surface area contributed by atoms with E-state index in [0.717, 1.165) is 26.1 Å². The molecule has 1 aliphatic rings. The molecule has 0 spiro atoms. The molecular weight excluding hydrogens is 239 g/mol. The van der Waals surface area contributed by atoms with E-state index in [2.05, 4.69) is 31.0 Å². The lowest BCUT2D eigenvalue weighted by molar-refractivity contribution is 0.104. The number of hydrogen-bond donors (Lipinski definition) is 1. The minimum Gasteiger partial charge on any atom is -0.311 e. The molecule has 1 heterocycles. The fourth-order valence-electron chi connectivity index (χ4n) is 2.84. The summed E-state index contributed by atoms with van der Waals surface area (Å²) in [6, 6.07) is 8.06. The first-order valence-corrected chi connectivity index (χ1v) is 7.28. The summed E-state index contributed by atoms with van der Waals surface area (Å²) in [6.45, 7) is 10.0. The molecule has 3 heteroatoms. The van der Waals surface area contributed by atoms with Crippen LogP contribution in [-0.2, 0) is 6.42 Å². The highest BCUT2D eigenvalue weighted by Gasteiger charge is 2.27. The van der Waals surface area contributed by atoms with Gasteiger partial charge in [-0.3, -0.25) is 4.90 Å². The van der Waals surface area contributed by atoms with Gasteiger partial charge >= 0.3 is 0 Å². The van der Waals surface area contributed by atoms with E-state index in [1.54, 1.807) is 12.1 Å². The van der Waals surface area contributed by atoms with Crippen molar-refractivity contribution in [1.29, 1.82) is 0 Å². The monoisotopic (exact) mass is 264 g/mol. The molecule has 1 aliphatic heterocycles. The van der Waals surface area contributed by atoms with Gasteiger partial charge in [0.15, 0.2) is 0 Å². The number of halogens is 1. The number of nitrogens with one attached hydrogen (secondary N) is 1. The van der Waals surface area contributed by atoms with E-state index in [0.29, 0.717) is 18.0 Å². The third-order valence-corrected chi connectivity index (χ3v) is 4.02. The average Bonchev–Trinajstić information content (AvgIpc) is 2.38. The highest BCUT2D eigenvalue weighted by atomic mass is 19.1. The van der Waals surface area contributed by atoms with Crippen molar-refractivity contribution in [3.8, 4) is 0 Å². The maximum absolute atomic E-state index is 12.9. The fourth-order valence-corrected chi connectivity index (χ4v) is 2.84. The molecule has 0 bridgehead atoms. The van der Waals surface area contributed by atoms with Crippen LogP contribution in [-0.4, -0.2) is 36.6 Å². The fraction of sp³-hybridized carbons (Fsp3) is 0.625. The molecule has 0 aliphatic carbocycles. The van der Waals surface area contributed by atoms with Crippen LogP contribution in [0.25, 0.3) is 0 Å². The van der Waals surface area contributed by atoms with Gasteiger partial charge in [0, 0.05) is 31.7 Å². The van der Waals surface area contributed by atoms with Crippen molar-refractivity contribution in [2.24, 2.45) is 5.92 Å². The molecular formula is C16H25FN2. The van der Waals surface area contributed by atoms with E-state index < -0.39 is 0 Å². The molecule has 1 aromatic carbocycles. The molecule has 2 nitrogen and oxygen atoms in total. The predicted molar refractivity (Wildman–Crippen MR) is 77.8 cm³/mol. The Labute approximate surface area is 116 Å². The molecule has 2 atom stereocenters. The molecule has 2 rings (SSSR count). The van der Waals surface area contributed by atoms with Gasteiger partial charge in [-0.2, -0.15) is 0 Å². The summed E-state index contributed by atoms with van der Waals surface area (Å²) in [5, 5.41) is 3.56. The lowest BCUT2D eigenvalue weighted by atomic mass is 9.98. The van der Waals surface area contributed by atoms with E-state index in [-0.39, 0.29) is 5.82 Å². The highest BCUT2D eigenvalue weighted by Crippen LogP contribution is 2.16. The summed E-state index contributed by atoms with van der Waals surface area (Å²) in [6.07, 6.45) is 0.996. The Morgan fingerprint density at radius 1 is 1.32 bits per heavy atom. The Balaban J connectivity index is 1.93. The van der Waals surface area contributed by atoms with E-state index in [9.17, 15) is 4.39 Å². The smallest absolute Gasteiger partial charge is 0.123 e. The predicted octanol–water partition coefficient (Wildman–Crippen LogP) is 2.69. The van der Waals surface area contributed by atoms with Gasteiger partial charge in [-0.25, -0.2) is 4.39 Å². The summed E-state index contributed by atoms with van der Waals surface area (Å²) in [5.41, 5.74) is 1.22. The van der Waals surface area contributed by atoms with Crippen LogP contribution >= 0.6 is 0 Å². The number of rotatable bonds is 4. The molecule has 1 N–H and O–H groups in total. The lowest BCUT2D eigenvalue weighted by Crippen LogP contribution is -2.57. The second kappa shape index (κ2) is 6.49. The zero-order valence-electron chi connectivity index (χ0n) is 12.2. The molecule has 0 radical (unpaired) electrons. The first-order chi connectivity index (χ1) is 9.06. The largest absolute Gasteiger partial charge is 0.311 e. The Hall–Kier alpha value is -0.930. The van der Waals surface area contributed by atoms with Gasteiger partial charge < -0.3 is 5.32 Å². The van der Waals surface area contributed by atoms with Gasteiger partial charge in [-0.15, -0.1) is 0 Å². The average molecular weight is 264 g/mol. The van der Waals surface area contributed by atoms with E-state index >= 15 is 0 Å². The maximum Gasteiger partial charge on any atom is 0.123 e. The van der Waals surface area contributed by atoms with Gasteiger partial charge in [0.2, 0.25) is 0 Å². The minimum atomic E-state index is -0.153. The summed E-state index contributed by atoms with van der Waals surface area (Å²) in [4.78, 5) is 2.58. The molecule has 0 saturated carbocycles. The van der Waals surface area contributed by atoms with Crippen LogP contribution in [0, 0.1) is 11.7 Å². The van der Waals surface area contributed by atoms with Crippen LogP contribution in [0.2, 0.25) is 0 Å². The summed E-state index contributed by atoms with van der Waals surface area (Å²) in [5.74, 6) is 0.507. The third kappa shape index (κ3) is 4.02. The summed E-state index contributed by atoms with van der Waals surface area (Å²) < 4.78 is 12.9. The number of piperazine rings is 1. The lowest BCUT2D eigenvalue weighted by Gasteiger charge is -2.41. The normalized spacial score (nSPS) is 24.9. The second-order valence-corrected chi connectivity index (χ2v) is 5.99. The van der Waals surface area contributed by atoms with Crippen molar-refractivity contribution >= 4 is 0 Å². The summed E-state index contributed by atoms with van der Waals surface area (Å²) in [7, 11) is 0. The van der Waals surface area contributed by atoms with Crippen molar-refractivity contribution in [3.05, 3.63) is 35.6 Å². The van der Waals surface area contributed by atoms with Crippen LogP contribution < -0.4 is 5.32 Å². The van der Waals surface area contributed by atoms with Crippen LogP contribution in [0.15, 0.2) is 24.3 Å². The SMILES string of the molecule is CC1CN(CCc2ccc(F)cc2)C(C(C)C)CN1. The van der Waals surface area contributed by atoms with E-state index in [1.165, 1.54) is 5.56 Å². The Kier molecular flexibility index (Phi) is 4.94. The van der Waals surface area contributed by atoms with Crippen LogP contribution in [0.3, 0.4) is 0 Å². The highest BCUT2D eigenvalue weighted by molar-refractivity contribution is 5.16. The second-order valence-electron chi connectivity index (χ2n) is 5.99. The molecule has 0 amide bonds. The number of nitrogens with zero attached hydrogens (tertiary/aromatic N) is 1. The van der Waals surface area contributed by atoms with Crippen molar-refractivity contribution in [2.75, 3.05) is 19.6 Å². The summed E-state index contributed by atoms with van der Waals surface area (Å²) >= 11 is 0. The first-order valence-electron chi connectivity index (χ1n) is 7.28. The molecule has 2 unspecified atom stereocenters. The topological polar surface area (TPSA) is 15.3 Å². The minimum absolute atomic E-state index is 0.153. The molecule has 1 fully saturated rings. The van der Waals surface area contributed by atoms with Gasteiger partial charge in [0.25, 0.3) is 0 Å².